The number of hydrogen-bond donors (Lipinski definition) is 1. The fraction of sp³-hybridized carbons (Fsp3) is 0.0870. The fourth-order valence-corrected chi connectivity index (χ4v) is 3.18. The summed E-state index contributed by atoms with van der Waals surface area (Å²) in [4.78, 5) is 25.8. The van der Waals surface area contributed by atoms with Crippen molar-refractivity contribution in [2.45, 2.75) is 13.0 Å². The van der Waals surface area contributed by atoms with E-state index in [0.717, 1.165) is 11.3 Å². The van der Waals surface area contributed by atoms with Crippen molar-refractivity contribution in [3.05, 3.63) is 106 Å². The van der Waals surface area contributed by atoms with Crippen molar-refractivity contribution in [2.75, 3.05) is 0 Å². The van der Waals surface area contributed by atoms with Crippen molar-refractivity contribution in [3.63, 3.8) is 0 Å². The van der Waals surface area contributed by atoms with Crippen LogP contribution in [0.3, 0.4) is 0 Å². The highest BCUT2D eigenvalue weighted by atomic mass is 16.2. The molecule has 0 spiro atoms. The zero-order valence-electron chi connectivity index (χ0n) is 15.4. The van der Waals surface area contributed by atoms with Gasteiger partial charge in [-0.25, -0.2) is 4.68 Å². The molecule has 1 amide bonds. The highest BCUT2D eigenvalue weighted by molar-refractivity contribution is 5.95. The Labute approximate surface area is 162 Å². The molecule has 0 bridgehead atoms. The van der Waals surface area contributed by atoms with Gasteiger partial charge in [-0.3, -0.25) is 9.59 Å². The lowest BCUT2D eigenvalue weighted by atomic mass is 10.1. The molecule has 0 saturated carbocycles. The molecule has 0 fully saturated rings. The Morgan fingerprint density at radius 2 is 1.50 bits per heavy atom. The van der Waals surface area contributed by atoms with Crippen LogP contribution in [0.4, 0.5) is 0 Å². The molecule has 0 radical (unpaired) electrons. The summed E-state index contributed by atoms with van der Waals surface area (Å²) in [6.45, 7) is 1.88. The Kier molecular flexibility index (Phi) is 4.72. The summed E-state index contributed by atoms with van der Waals surface area (Å²) < 4.78 is 1.64. The molecule has 0 aliphatic heterocycles. The van der Waals surface area contributed by atoms with Crippen LogP contribution in [-0.2, 0) is 0 Å². The molecule has 1 unspecified atom stereocenters. The number of carbonyl (C=O) groups is 1. The van der Waals surface area contributed by atoms with E-state index >= 15 is 0 Å². The number of nitrogens with zero attached hydrogens (tertiary/aromatic N) is 2. The van der Waals surface area contributed by atoms with E-state index in [1.807, 2.05) is 79.7 Å². The minimum Gasteiger partial charge on any atom is -0.344 e. The standard InChI is InChI=1S/C23H19N3O2/c1-16(17-10-4-2-5-11-17)24-23(28)21-22(27)19-14-8-9-15-20(19)26(25-21)18-12-6-3-7-13-18/h2-16H,1H3,(H,24,28). The number of nitrogens with one attached hydrogen (secondary N) is 1. The largest absolute Gasteiger partial charge is 0.344 e. The molecule has 0 aliphatic carbocycles. The van der Waals surface area contributed by atoms with E-state index in [1.54, 1.807) is 16.8 Å². The maximum atomic E-state index is 12.9. The van der Waals surface area contributed by atoms with Crippen LogP contribution in [0.1, 0.15) is 29.0 Å². The van der Waals surface area contributed by atoms with Gasteiger partial charge in [-0.2, -0.15) is 5.10 Å². The van der Waals surface area contributed by atoms with E-state index in [-0.39, 0.29) is 17.2 Å². The van der Waals surface area contributed by atoms with E-state index < -0.39 is 5.91 Å². The van der Waals surface area contributed by atoms with Gasteiger partial charge in [-0.1, -0.05) is 60.7 Å². The molecule has 1 aromatic heterocycles. The highest BCUT2D eigenvalue weighted by Gasteiger charge is 2.20. The number of aromatic nitrogens is 2. The molecule has 3 aromatic carbocycles. The highest BCUT2D eigenvalue weighted by Crippen LogP contribution is 2.16. The topological polar surface area (TPSA) is 64.0 Å². The van der Waals surface area contributed by atoms with Gasteiger partial charge >= 0.3 is 0 Å². The third-order valence-electron chi connectivity index (χ3n) is 4.65. The summed E-state index contributed by atoms with van der Waals surface area (Å²) >= 11 is 0. The molecule has 4 rings (SSSR count). The maximum Gasteiger partial charge on any atom is 0.276 e. The van der Waals surface area contributed by atoms with E-state index in [4.69, 9.17) is 0 Å². The van der Waals surface area contributed by atoms with Crippen LogP contribution in [0.2, 0.25) is 0 Å². The van der Waals surface area contributed by atoms with Gasteiger partial charge in [-0.15, -0.1) is 0 Å². The maximum absolute atomic E-state index is 12.9. The van der Waals surface area contributed by atoms with E-state index in [0.29, 0.717) is 10.9 Å². The Balaban J connectivity index is 1.80. The van der Waals surface area contributed by atoms with E-state index in [2.05, 4.69) is 10.4 Å². The van der Waals surface area contributed by atoms with Gasteiger partial charge in [0.05, 0.1) is 22.6 Å². The average molecular weight is 369 g/mol. The third kappa shape index (κ3) is 3.30. The lowest BCUT2D eigenvalue weighted by Crippen LogP contribution is -2.33. The number of para-hydroxylation sites is 2. The van der Waals surface area contributed by atoms with Gasteiger partial charge in [-0.05, 0) is 36.8 Å². The summed E-state index contributed by atoms with van der Waals surface area (Å²) in [5, 5.41) is 7.75. The second-order valence-corrected chi connectivity index (χ2v) is 6.55. The van der Waals surface area contributed by atoms with E-state index in [9.17, 15) is 9.59 Å². The van der Waals surface area contributed by atoms with Gasteiger partial charge in [0, 0.05) is 0 Å². The van der Waals surface area contributed by atoms with Gasteiger partial charge in [0.25, 0.3) is 5.91 Å². The predicted molar refractivity (Wildman–Crippen MR) is 110 cm³/mol. The number of fused-ring (bicyclic) bond motifs is 1. The first kappa shape index (κ1) is 17.7. The van der Waals surface area contributed by atoms with Crippen LogP contribution < -0.4 is 10.7 Å². The van der Waals surface area contributed by atoms with Crippen molar-refractivity contribution < 1.29 is 4.79 Å². The minimum absolute atomic E-state index is 0.120. The number of carbonyl (C=O) groups excluding carboxylic acids is 1. The summed E-state index contributed by atoms with van der Waals surface area (Å²) in [5.41, 5.74) is 1.90. The minimum atomic E-state index is -0.489. The van der Waals surface area contributed by atoms with Crippen LogP contribution in [-0.4, -0.2) is 15.7 Å². The van der Waals surface area contributed by atoms with Crippen molar-refractivity contribution >= 4 is 16.8 Å². The van der Waals surface area contributed by atoms with Crippen LogP contribution in [0.5, 0.6) is 0 Å². The SMILES string of the molecule is CC(NC(=O)c1nn(-c2ccccc2)c2ccccc2c1=O)c1ccccc1. The summed E-state index contributed by atoms with van der Waals surface area (Å²) in [7, 11) is 0. The summed E-state index contributed by atoms with van der Waals surface area (Å²) in [6, 6.07) is 26.0. The Bertz CT molecular complexity index is 1180. The summed E-state index contributed by atoms with van der Waals surface area (Å²) in [6.07, 6.45) is 0. The predicted octanol–water partition coefficient (Wildman–Crippen LogP) is 3.88. The third-order valence-corrected chi connectivity index (χ3v) is 4.65. The molecule has 1 heterocycles. The lowest BCUT2D eigenvalue weighted by Gasteiger charge is -2.15. The zero-order valence-corrected chi connectivity index (χ0v) is 15.4. The lowest BCUT2D eigenvalue weighted by molar-refractivity contribution is 0.0932. The molecule has 4 aromatic rings. The molecule has 0 saturated heterocycles. The Morgan fingerprint density at radius 1 is 0.893 bits per heavy atom. The van der Waals surface area contributed by atoms with Gasteiger partial charge in [0.2, 0.25) is 5.43 Å². The van der Waals surface area contributed by atoms with Crippen LogP contribution in [0.15, 0.2) is 89.7 Å². The number of benzene rings is 3. The molecular weight excluding hydrogens is 350 g/mol. The summed E-state index contributed by atoms with van der Waals surface area (Å²) in [5.74, 6) is -0.489. The van der Waals surface area contributed by atoms with Gasteiger partial charge < -0.3 is 5.32 Å². The van der Waals surface area contributed by atoms with Crippen LogP contribution in [0, 0.1) is 0 Å². The molecular formula is C23H19N3O2. The van der Waals surface area contributed by atoms with Crippen molar-refractivity contribution in [1.29, 1.82) is 0 Å². The van der Waals surface area contributed by atoms with Crippen LogP contribution >= 0.6 is 0 Å². The monoisotopic (exact) mass is 369 g/mol. The van der Waals surface area contributed by atoms with E-state index in [1.165, 1.54) is 0 Å². The van der Waals surface area contributed by atoms with Crippen LogP contribution in [0.25, 0.3) is 16.6 Å². The number of hydrogen-bond acceptors (Lipinski definition) is 3. The Hall–Kier alpha value is -3.73. The molecule has 0 aliphatic rings. The first-order valence-electron chi connectivity index (χ1n) is 9.08. The first-order chi connectivity index (χ1) is 13.6. The molecule has 138 valence electrons. The molecule has 1 N–H and O–H groups in total. The molecule has 28 heavy (non-hydrogen) atoms. The fourth-order valence-electron chi connectivity index (χ4n) is 3.18. The number of amides is 1. The normalized spacial score (nSPS) is 11.9. The van der Waals surface area contributed by atoms with Gasteiger partial charge in [0.1, 0.15) is 0 Å². The zero-order chi connectivity index (χ0) is 19.5. The average Bonchev–Trinajstić information content (AvgIpc) is 2.75. The second kappa shape index (κ2) is 7.48. The molecule has 1 atom stereocenters. The van der Waals surface area contributed by atoms with Crippen molar-refractivity contribution in [2.24, 2.45) is 0 Å². The molecule has 5 nitrogen and oxygen atoms in total. The van der Waals surface area contributed by atoms with Crippen molar-refractivity contribution in [3.8, 4) is 5.69 Å². The smallest absolute Gasteiger partial charge is 0.276 e. The van der Waals surface area contributed by atoms with Gasteiger partial charge in [0.15, 0.2) is 5.69 Å². The van der Waals surface area contributed by atoms with Crippen molar-refractivity contribution in [1.82, 2.24) is 15.1 Å². The first-order valence-corrected chi connectivity index (χ1v) is 9.08. The number of rotatable bonds is 4. The second-order valence-electron chi connectivity index (χ2n) is 6.55. The quantitative estimate of drug-likeness (QED) is 0.594. The Morgan fingerprint density at radius 3 is 2.21 bits per heavy atom. The molecule has 5 heteroatoms.